The van der Waals surface area contributed by atoms with Crippen LogP contribution in [0.25, 0.3) is 11.0 Å². The Morgan fingerprint density at radius 1 is 1.24 bits per heavy atom. The van der Waals surface area contributed by atoms with Gasteiger partial charge in [-0.2, -0.15) is 10.5 Å². The summed E-state index contributed by atoms with van der Waals surface area (Å²) in [5.74, 6) is 0.359. The molecular weight excluding hydrogens is 284 g/mol. The van der Waals surface area contributed by atoms with E-state index in [1.807, 2.05) is 23.6 Å². The van der Waals surface area contributed by atoms with E-state index in [1.54, 1.807) is 19.1 Å². The van der Waals surface area contributed by atoms with Gasteiger partial charge in [-0.25, -0.2) is 0 Å². The second kappa shape index (κ2) is 4.90. The van der Waals surface area contributed by atoms with Crippen molar-refractivity contribution in [3.8, 4) is 12.1 Å². The molecule has 0 saturated carbocycles. The van der Waals surface area contributed by atoms with Crippen LogP contribution in [0.2, 0.25) is 0 Å². The van der Waals surface area contributed by atoms with Gasteiger partial charge < -0.3 is 4.42 Å². The summed E-state index contributed by atoms with van der Waals surface area (Å²) in [6.07, 6.45) is 0. The summed E-state index contributed by atoms with van der Waals surface area (Å²) in [4.78, 5) is 13.2. The molecule has 0 aliphatic heterocycles. The Morgan fingerprint density at radius 3 is 2.57 bits per heavy atom. The van der Waals surface area contributed by atoms with Crippen LogP contribution in [-0.4, -0.2) is 5.78 Å². The van der Waals surface area contributed by atoms with Crippen molar-refractivity contribution in [2.24, 2.45) is 0 Å². The first-order valence-electron chi connectivity index (χ1n) is 6.11. The Hall–Kier alpha value is -2.89. The Morgan fingerprint density at radius 2 is 1.95 bits per heavy atom. The zero-order valence-corrected chi connectivity index (χ0v) is 11.8. The zero-order valence-electron chi connectivity index (χ0n) is 11.0. The second-order valence-corrected chi connectivity index (χ2v) is 5.40. The molecule has 100 valence electrons. The van der Waals surface area contributed by atoms with E-state index in [0.29, 0.717) is 27.2 Å². The maximum Gasteiger partial charge on any atom is 0.207 e. The van der Waals surface area contributed by atoms with Gasteiger partial charge in [0.25, 0.3) is 0 Å². The van der Waals surface area contributed by atoms with Crippen molar-refractivity contribution < 1.29 is 9.21 Å². The Bertz CT molecular complexity index is 937. The average Bonchev–Trinajstić information content (AvgIpc) is 3.11. The highest BCUT2D eigenvalue weighted by Gasteiger charge is 2.21. The van der Waals surface area contributed by atoms with E-state index < -0.39 is 0 Å². The van der Waals surface area contributed by atoms with Gasteiger partial charge in [0.1, 0.15) is 23.5 Å². The lowest BCUT2D eigenvalue weighted by Crippen LogP contribution is -1.99. The normalized spacial score (nSPS) is 10.2. The van der Waals surface area contributed by atoms with Gasteiger partial charge in [-0.1, -0.05) is 6.07 Å². The molecule has 0 aliphatic rings. The van der Waals surface area contributed by atoms with Gasteiger partial charge in [0.15, 0.2) is 0 Å². The fourth-order valence-electron chi connectivity index (χ4n) is 2.26. The molecule has 2 heterocycles. The molecule has 0 bridgehead atoms. The highest BCUT2D eigenvalue weighted by molar-refractivity contribution is 7.12. The molecule has 0 atom stereocenters. The fourth-order valence-corrected chi connectivity index (χ4v) is 2.93. The first-order valence-corrected chi connectivity index (χ1v) is 6.99. The minimum Gasteiger partial charge on any atom is -0.461 e. The quantitative estimate of drug-likeness (QED) is 0.673. The molecule has 0 N–H and O–H groups in total. The van der Waals surface area contributed by atoms with Crippen LogP contribution in [-0.2, 0) is 0 Å². The van der Waals surface area contributed by atoms with Gasteiger partial charge in [-0.3, -0.25) is 4.79 Å². The largest absolute Gasteiger partial charge is 0.461 e. The van der Waals surface area contributed by atoms with Crippen molar-refractivity contribution in [3.63, 3.8) is 0 Å². The van der Waals surface area contributed by atoms with Crippen LogP contribution in [0.5, 0.6) is 0 Å². The number of carbonyl (C=O) groups excluding carboxylic acids is 1. The van der Waals surface area contributed by atoms with E-state index in [9.17, 15) is 4.79 Å². The summed E-state index contributed by atoms with van der Waals surface area (Å²) in [7, 11) is 0. The van der Waals surface area contributed by atoms with Crippen molar-refractivity contribution >= 4 is 28.1 Å². The zero-order chi connectivity index (χ0) is 15.0. The molecule has 2 aromatic heterocycles. The molecule has 3 rings (SSSR count). The number of hydrogen-bond donors (Lipinski definition) is 0. The van der Waals surface area contributed by atoms with Crippen LogP contribution < -0.4 is 0 Å². The van der Waals surface area contributed by atoms with Gasteiger partial charge in [-0.05, 0) is 24.4 Å². The lowest BCUT2D eigenvalue weighted by Gasteiger charge is -1.98. The van der Waals surface area contributed by atoms with Gasteiger partial charge >= 0.3 is 0 Å². The molecule has 0 saturated heterocycles. The molecule has 0 fully saturated rings. The number of benzene rings is 1. The van der Waals surface area contributed by atoms with Crippen LogP contribution in [0.1, 0.15) is 32.1 Å². The Kier molecular flexibility index (Phi) is 3.06. The molecule has 0 amide bonds. The third-order valence-electron chi connectivity index (χ3n) is 3.22. The van der Waals surface area contributed by atoms with Crippen LogP contribution in [0.3, 0.4) is 0 Å². The third-order valence-corrected chi connectivity index (χ3v) is 4.09. The number of furan rings is 1. The molecule has 5 heteroatoms. The maximum absolute atomic E-state index is 12.6. The number of carbonyl (C=O) groups is 1. The summed E-state index contributed by atoms with van der Waals surface area (Å²) < 4.78 is 5.58. The van der Waals surface area contributed by atoms with Crippen molar-refractivity contribution in [1.29, 1.82) is 10.5 Å². The van der Waals surface area contributed by atoms with Gasteiger partial charge in [0, 0.05) is 11.5 Å². The number of hydrogen-bond acceptors (Lipinski definition) is 5. The fraction of sp³-hybridized carbons (Fsp3) is 0.0625. The van der Waals surface area contributed by atoms with Crippen molar-refractivity contribution in [1.82, 2.24) is 0 Å². The highest BCUT2D eigenvalue weighted by Crippen LogP contribution is 2.30. The first kappa shape index (κ1) is 13.1. The number of fused-ring (bicyclic) bond motifs is 1. The molecule has 0 radical (unpaired) electrons. The highest BCUT2D eigenvalue weighted by atomic mass is 32.1. The molecule has 3 aromatic rings. The van der Waals surface area contributed by atoms with Crippen molar-refractivity contribution in [2.45, 2.75) is 6.92 Å². The Balaban J connectivity index is 2.30. The van der Waals surface area contributed by atoms with Crippen molar-refractivity contribution in [2.75, 3.05) is 0 Å². The number of ketones is 1. The van der Waals surface area contributed by atoms with Crippen LogP contribution in [0.4, 0.5) is 0 Å². The summed E-state index contributed by atoms with van der Waals surface area (Å²) in [5, 5.41) is 20.6. The molecule has 0 unspecified atom stereocenters. The third kappa shape index (κ3) is 2.01. The smallest absolute Gasteiger partial charge is 0.207 e. The predicted molar refractivity (Wildman–Crippen MR) is 78.1 cm³/mol. The molecule has 1 aromatic carbocycles. The molecule has 0 aliphatic carbocycles. The lowest BCUT2D eigenvalue weighted by atomic mass is 10.0. The van der Waals surface area contributed by atoms with E-state index in [0.717, 1.165) is 0 Å². The van der Waals surface area contributed by atoms with Gasteiger partial charge in [0.05, 0.1) is 21.6 Å². The minimum absolute atomic E-state index is 0.130. The van der Waals surface area contributed by atoms with Crippen LogP contribution in [0.15, 0.2) is 34.1 Å². The predicted octanol–water partition coefficient (Wildman–Crippen LogP) is 3.78. The first-order chi connectivity index (χ1) is 10.2. The van der Waals surface area contributed by atoms with Crippen molar-refractivity contribution in [3.05, 3.63) is 57.0 Å². The summed E-state index contributed by atoms with van der Waals surface area (Å²) in [5.41, 5.74) is 1.39. The molecular formula is C16H8N2O2S. The van der Waals surface area contributed by atoms with Gasteiger partial charge in [0.2, 0.25) is 5.78 Å². The monoisotopic (exact) mass is 292 g/mol. The number of aryl methyl sites for hydroxylation is 1. The maximum atomic E-state index is 12.6. The number of nitrogens with zero attached hydrogens (tertiary/aromatic N) is 2. The molecule has 4 nitrogen and oxygen atoms in total. The number of nitriles is 2. The van der Waals surface area contributed by atoms with Gasteiger partial charge in [-0.15, -0.1) is 11.3 Å². The topological polar surface area (TPSA) is 77.8 Å². The average molecular weight is 292 g/mol. The van der Waals surface area contributed by atoms with E-state index in [-0.39, 0.29) is 16.9 Å². The summed E-state index contributed by atoms with van der Waals surface area (Å²) in [6, 6.07) is 10.5. The van der Waals surface area contributed by atoms with E-state index in [2.05, 4.69) is 0 Å². The van der Waals surface area contributed by atoms with E-state index >= 15 is 0 Å². The van der Waals surface area contributed by atoms with E-state index in [4.69, 9.17) is 14.9 Å². The van der Waals surface area contributed by atoms with E-state index in [1.165, 1.54) is 17.4 Å². The standard InChI is InChI=1S/C16H8N2O2S/c1-9-15(16(19)14-3-2-4-21-14)12-5-10(7-17)11(8-18)6-13(12)20-9/h2-6H,1H3. The number of rotatable bonds is 2. The second-order valence-electron chi connectivity index (χ2n) is 4.46. The summed E-state index contributed by atoms with van der Waals surface area (Å²) in [6.45, 7) is 1.71. The molecule has 0 spiro atoms. The SMILES string of the molecule is Cc1oc2cc(C#N)c(C#N)cc2c1C(=O)c1cccs1. The number of thiophene rings is 1. The minimum atomic E-state index is -0.130. The molecule has 21 heavy (non-hydrogen) atoms. The lowest BCUT2D eigenvalue weighted by molar-refractivity contribution is 0.104. The summed E-state index contributed by atoms with van der Waals surface area (Å²) >= 11 is 1.36. The van der Waals surface area contributed by atoms with Crippen LogP contribution >= 0.6 is 11.3 Å². The van der Waals surface area contributed by atoms with Crippen LogP contribution in [0, 0.1) is 29.6 Å². The Labute approximate surface area is 124 Å².